The van der Waals surface area contributed by atoms with Crippen LogP contribution in [0, 0.1) is 0 Å². The summed E-state index contributed by atoms with van der Waals surface area (Å²) < 4.78 is 14.4. The maximum atomic E-state index is 11.1. The Bertz CT molecular complexity index is 790. The van der Waals surface area contributed by atoms with Crippen molar-refractivity contribution in [3.05, 3.63) is 24.3 Å². The molecule has 3 N–H and O–H groups in total. The van der Waals surface area contributed by atoms with Gasteiger partial charge >= 0.3 is 19.8 Å². The molecule has 0 saturated carbocycles. The van der Waals surface area contributed by atoms with E-state index in [-0.39, 0.29) is 6.42 Å². The third-order valence-corrected chi connectivity index (χ3v) is 8.96. The van der Waals surface area contributed by atoms with Crippen molar-refractivity contribution in [1.82, 2.24) is 0 Å². The van der Waals surface area contributed by atoms with Gasteiger partial charge in [-0.2, -0.15) is 0 Å². The molecular formula is C40H77O7P. The van der Waals surface area contributed by atoms with E-state index in [1.54, 1.807) is 0 Å². The second-order valence-electron chi connectivity index (χ2n) is 13.4. The predicted molar refractivity (Wildman–Crippen MR) is 203 cm³/mol. The summed E-state index contributed by atoms with van der Waals surface area (Å²) in [6.07, 6.45) is 46.9. The number of allylic oxidation sites excluding steroid dienone is 4. The molecule has 0 rings (SSSR count). The number of aliphatic carboxylic acids is 1. The molecule has 0 heterocycles. The lowest BCUT2D eigenvalue weighted by Crippen LogP contribution is -2.01. The van der Waals surface area contributed by atoms with E-state index in [9.17, 15) is 14.2 Å². The van der Waals surface area contributed by atoms with Gasteiger partial charge in [-0.3, -0.25) is 19.4 Å². The average molecular weight is 701 g/mol. The highest BCUT2D eigenvalue weighted by atomic mass is 31.2. The van der Waals surface area contributed by atoms with Crippen LogP contribution in [0.3, 0.4) is 0 Å². The Labute approximate surface area is 296 Å². The van der Waals surface area contributed by atoms with Gasteiger partial charge in [0.25, 0.3) is 0 Å². The molecule has 48 heavy (non-hydrogen) atoms. The monoisotopic (exact) mass is 701 g/mol. The van der Waals surface area contributed by atoms with Gasteiger partial charge in [0.15, 0.2) is 0 Å². The Hall–Kier alpha value is -1.43. The van der Waals surface area contributed by atoms with Gasteiger partial charge in [-0.05, 0) is 64.2 Å². The van der Waals surface area contributed by atoms with Crippen molar-refractivity contribution in [2.75, 3.05) is 0 Å². The quantitative estimate of drug-likeness (QED) is 0.0342. The molecule has 0 spiro atoms. The highest BCUT2D eigenvalue weighted by Crippen LogP contribution is 2.36. The van der Waals surface area contributed by atoms with E-state index in [2.05, 4.69) is 42.7 Å². The first kappa shape index (κ1) is 48.7. The van der Waals surface area contributed by atoms with Gasteiger partial charge in [0.2, 0.25) is 0 Å². The van der Waals surface area contributed by atoms with Crippen molar-refractivity contribution >= 4 is 19.8 Å². The lowest BCUT2D eigenvalue weighted by molar-refractivity contribution is -0.137. The predicted octanol–water partition coefficient (Wildman–Crippen LogP) is 13.3. The Kier molecular flexibility index (Phi) is 40.6. The largest absolute Gasteiger partial charge is 0.526 e. The molecule has 0 radical (unpaired) electrons. The molecule has 0 fully saturated rings. The van der Waals surface area contributed by atoms with E-state index in [4.69, 9.17) is 14.9 Å². The van der Waals surface area contributed by atoms with Crippen LogP contribution in [0.15, 0.2) is 24.3 Å². The SMILES string of the molecule is CCCCCCCC/C=C\CCCCCCCC(=O)OP(=O)(O)O.CCCCCCCC/C=C\CCCCCCCCCCCC(=O)O. The first-order chi connectivity index (χ1) is 23.2. The minimum absolute atomic E-state index is 0.0727. The number of phosphoric ester groups is 1. The fraction of sp³-hybridized carbons (Fsp3) is 0.850. The van der Waals surface area contributed by atoms with E-state index in [0.717, 1.165) is 44.9 Å². The van der Waals surface area contributed by atoms with Crippen molar-refractivity contribution in [1.29, 1.82) is 0 Å². The molecule has 0 unspecified atom stereocenters. The lowest BCUT2D eigenvalue weighted by atomic mass is 10.1. The molecule has 0 aromatic heterocycles. The second kappa shape index (κ2) is 40.0. The third-order valence-electron chi connectivity index (χ3n) is 8.52. The van der Waals surface area contributed by atoms with Gasteiger partial charge < -0.3 is 9.63 Å². The third kappa shape index (κ3) is 49.0. The molecule has 0 saturated heterocycles. The Balaban J connectivity index is 0. The molecule has 8 heteroatoms. The number of hydrogen-bond acceptors (Lipinski definition) is 4. The van der Waals surface area contributed by atoms with Crippen LogP contribution in [0.2, 0.25) is 0 Å². The molecule has 0 atom stereocenters. The number of carbonyl (C=O) groups is 2. The summed E-state index contributed by atoms with van der Waals surface area (Å²) in [4.78, 5) is 38.4. The molecule has 0 amide bonds. The minimum Gasteiger partial charge on any atom is -0.481 e. The maximum Gasteiger partial charge on any atom is 0.526 e. The first-order valence-corrected chi connectivity index (χ1v) is 21.6. The van der Waals surface area contributed by atoms with Gasteiger partial charge in [0.1, 0.15) is 0 Å². The summed E-state index contributed by atoms with van der Waals surface area (Å²) in [6.45, 7) is 4.51. The fourth-order valence-electron chi connectivity index (χ4n) is 5.57. The molecule has 0 aromatic rings. The number of carboxylic acid groups (broad SMARTS) is 1. The number of carboxylic acids is 1. The Morgan fingerprint density at radius 3 is 1.02 bits per heavy atom. The van der Waals surface area contributed by atoms with Crippen LogP contribution >= 0.6 is 7.82 Å². The molecule has 0 aliphatic carbocycles. The van der Waals surface area contributed by atoms with Gasteiger partial charge in [-0.25, -0.2) is 4.57 Å². The summed E-state index contributed by atoms with van der Waals surface area (Å²) in [5.41, 5.74) is 0. The minimum atomic E-state index is -4.67. The molecule has 0 aromatic carbocycles. The van der Waals surface area contributed by atoms with E-state index in [1.807, 2.05) is 0 Å². The van der Waals surface area contributed by atoms with Gasteiger partial charge in [0.05, 0.1) is 0 Å². The number of phosphoric acid groups is 1. The highest BCUT2D eigenvalue weighted by molar-refractivity contribution is 7.46. The van der Waals surface area contributed by atoms with Crippen LogP contribution in [0.4, 0.5) is 0 Å². The Morgan fingerprint density at radius 1 is 0.458 bits per heavy atom. The number of hydrogen-bond donors (Lipinski definition) is 3. The van der Waals surface area contributed by atoms with Gasteiger partial charge in [-0.15, -0.1) is 0 Å². The highest BCUT2D eigenvalue weighted by Gasteiger charge is 2.19. The number of rotatable bonds is 35. The summed E-state index contributed by atoms with van der Waals surface area (Å²) in [7, 11) is -4.67. The first-order valence-electron chi connectivity index (χ1n) is 20.0. The zero-order valence-corrected chi connectivity index (χ0v) is 32.3. The molecule has 0 aliphatic heterocycles. The van der Waals surface area contributed by atoms with E-state index < -0.39 is 19.8 Å². The van der Waals surface area contributed by atoms with Crippen LogP contribution in [0.5, 0.6) is 0 Å². The van der Waals surface area contributed by atoms with Crippen molar-refractivity contribution in [3.63, 3.8) is 0 Å². The van der Waals surface area contributed by atoms with Crippen LogP contribution in [0.25, 0.3) is 0 Å². The van der Waals surface area contributed by atoms with E-state index >= 15 is 0 Å². The maximum absolute atomic E-state index is 11.1. The molecule has 7 nitrogen and oxygen atoms in total. The molecule has 0 aliphatic rings. The van der Waals surface area contributed by atoms with Crippen LogP contribution < -0.4 is 0 Å². The van der Waals surface area contributed by atoms with Crippen molar-refractivity contribution in [3.8, 4) is 0 Å². The van der Waals surface area contributed by atoms with Crippen molar-refractivity contribution in [2.45, 2.75) is 219 Å². The van der Waals surface area contributed by atoms with Crippen LogP contribution in [-0.2, 0) is 18.7 Å². The number of unbranched alkanes of at least 4 members (excludes halogenated alkanes) is 26. The van der Waals surface area contributed by atoms with Crippen LogP contribution in [0.1, 0.15) is 219 Å². The van der Waals surface area contributed by atoms with Crippen LogP contribution in [-0.4, -0.2) is 26.8 Å². The molecule has 284 valence electrons. The van der Waals surface area contributed by atoms with E-state index in [1.165, 1.54) is 141 Å². The smallest absolute Gasteiger partial charge is 0.481 e. The Morgan fingerprint density at radius 2 is 0.729 bits per heavy atom. The molecule has 0 bridgehead atoms. The second-order valence-corrected chi connectivity index (χ2v) is 14.6. The number of carbonyl (C=O) groups excluding carboxylic acids is 1. The topological polar surface area (TPSA) is 121 Å². The normalized spacial score (nSPS) is 11.7. The standard InChI is InChI=1S/C22H42O2.C18H35O5P/c1-2-3-4-5-6-7-8-9-10-11-12-13-14-15-16-17-18-19-20-21-22(23)24;1-2-3-4-5-6-7-8-9-10-11-12-13-14-15-16-17-18(19)23-24(20,21)22/h9-10H,2-8,11-21H2,1H3,(H,23,24);9-10H,2-8,11-17H2,1H3,(H2,20,21,22)/b2*10-9-. The van der Waals surface area contributed by atoms with E-state index in [0.29, 0.717) is 12.8 Å². The average Bonchev–Trinajstić information content (AvgIpc) is 3.03. The fourth-order valence-corrected chi connectivity index (χ4v) is 5.93. The van der Waals surface area contributed by atoms with Gasteiger partial charge in [0, 0.05) is 12.8 Å². The van der Waals surface area contributed by atoms with Gasteiger partial charge in [-0.1, -0.05) is 167 Å². The summed E-state index contributed by atoms with van der Waals surface area (Å²) in [5.74, 6) is -1.48. The zero-order valence-electron chi connectivity index (χ0n) is 31.4. The van der Waals surface area contributed by atoms with Crippen molar-refractivity contribution in [2.24, 2.45) is 0 Å². The molecular weight excluding hydrogens is 623 g/mol. The van der Waals surface area contributed by atoms with Crippen molar-refractivity contribution < 1.29 is 33.6 Å². The summed E-state index contributed by atoms with van der Waals surface area (Å²) in [5, 5.41) is 8.55. The summed E-state index contributed by atoms with van der Waals surface area (Å²) >= 11 is 0. The zero-order chi connectivity index (χ0) is 35.8. The lowest BCUT2D eigenvalue weighted by Gasteiger charge is -2.04. The summed E-state index contributed by atoms with van der Waals surface area (Å²) in [6, 6.07) is 0.